The first kappa shape index (κ1) is 56.0. The number of aliphatic hydroxyl groups excluding tert-OH is 3. The Kier molecular flexibility index (Phi) is 16.6. The fourth-order valence-electron chi connectivity index (χ4n) is 9.77. The van der Waals surface area contributed by atoms with E-state index >= 15 is 0 Å². The normalized spacial score (nSPS) is 27.1. The molecule has 7 rings (SSSR count). The maximum absolute atomic E-state index is 14.9. The van der Waals surface area contributed by atoms with E-state index in [0.29, 0.717) is 44.4 Å². The maximum Gasteiger partial charge on any atom is 0.309 e. The lowest BCUT2D eigenvalue weighted by molar-refractivity contribution is -0.158. The molecule has 406 valence electrons. The molecule has 0 radical (unpaired) electrons. The maximum atomic E-state index is 14.9. The van der Waals surface area contributed by atoms with Gasteiger partial charge in [0.25, 0.3) is 5.91 Å². The number of rotatable bonds is 10. The number of aromatic nitrogens is 1. The zero-order valence-corrected chi connectivity index (χ0v) is 43.8. The van der Waals surface area contributed by atoms with Crippen LogP contribution in [0.15, 0.2) is 74.7 Å². The molecule has 21 nitrogen and oxygen atoms in total. The highest BCUT2D eigenvalue weighted by Crippen LogP contribution is 2.42. The zero-order chi connectivity index (χ0) is 55.7. The van der Waals surface area contributed by atoms with Crippen LogP contribution in [0.1, 0.15) is 67.4 Å². The van der Waals surface area contributed by atoms with Crippen molar-refractivity contribution in [1.82, 2.24) is 9.88 Å². The van der Waals surface area contributed by atoms with Gasteiger partial charge in [0.15, 0.2) is 28.3 Å². The molecule has 1 amide bonds. The van der Waals surface area contributed by atoms with Crippen molar-refractivity contribution >= 4 is 80.5 Å². The van der Waals surface area contributed by atoms with Gasteiger partial charge in [-0.05, 0) is 38.3 Å². The zero-order valence-electron chi connectivity index (χ0n) is 43.8. The third-order valence-electron chi connectivity index (χ3n) is 14.8. The summed E-state index contributed by atoms with van der Waals surface area (Å²) in [5, 5.41) is 49.2. The van der Waals surface area contributed by atoms with Crippen LogP contribution >= 0.6 is 0 Å². The first-order valence-corrected chi connectivity index (χ1v) is 24.9. The number of esters is 2. The molecule has 1 aromatic heterocycles. The highest BCUT2D eigenvalue weighted by molar-refractivity contribution is 6.17. The minimum absolute atomic E-state index is 0.0283. The third kappa shape index (κ3) is 11.0. The van der Waals surface area contributed by atoms with Gasteiger partial charge in [-0.3, -0.25) is 24.0 Å². The standard InChI is InChI=1S/C55H64N4O17/c1-26-14-19-73-55(10)53(69)42-40-41(48(67)32(7)51(42)76-55)49(68)45(57-54(70)28(3)13-11-12-27(2)46(65)30(5)47(66)31(6)50(29(26)4)74-34(9)62)52-44(40)56-43-37(63)21-36(22-38(43)75-52)59-17-15-58(16-18-59)33(8)71-25-72-39(64)20-35(23-60)24-61/h11-14,19,21-24,26-27,29-31,35,46-47,50,65-67,69H,8,15-18,20,25H2,1-7,9-10H3,(H,57,70)/b12-11+,19-14+,28-13-/t26-,27-,29+,30+,31+,46-,47+,50+,55-/m0/s1. The van der Waals surface area contributed by atoms with E-state index in [1.807, 2.05) is 18.7 Å². The van der Waals surface area contributed by atoms with Gasteiger partial charge in [0.05, 0.1) is 41.4 Å². The van der Waals surface area contributed by atoms with Gasteiger partial charge in [0.1, 0.15) is 41.4 Å². The van der Waals surface area contributed by atoms with E-state index in [1.165, 1.54) is 46.1 Å². The highest BCUT2D eigenvalue weighted by atomic mass is 16.7. The second kappa shape index (κ2) is 22.6. The number of aldehydes is 2. The molecule has 5 bridgehead atoms. The number of carbonyl (C=O) groups is 5. The summed E-state index contributed by atoms with van der Waals surface area (Å²) >= 11 is 0. The molecule has 4 aromatic rings. The van der Waals surface area contributed by atoms with E-state index in [1.54, 1.807) is 50.0 Å². The average Bonchev–Trinajstić information content (AvgIpc) is 3.75. The molecule has 0 unspecified atom stereocenters. The van der Waals surface area contributed by atoms with Crippen LogP contribution in [0.2, 0.25) is 0 Å². The van der Waals surface area contributed by atoms with Crippen LogP contribution < -0.4 is 31.0 Å². The van der Waals surface area contributed by atoms with Crippen molar-refractivity contribution in [2.75, 3.05) is 43.2 Å². The summed E-state index contributed by atoms with van der Waals surface area (Å²) in [7, 11) is 0. The molecule has 9 atom stereocenters. The summed E-state index contributed by atoms with van der Waals surface area (Å²) < 4.78 is 35.2. The van der Waals surface area contributed by atoms with E-state index in [4.69, 9.17) is 33.1 Å². The average molecular weight is 1050 g/mol. The van der Waals surface area contributed by atoms with Crippen molar-refractivity contribution in [3.05, 3.63) is 92.0 Å². The molecule has 3 aliphatic heterocycles. The molecule has 1 saturated heterocycles. The first-order valence-electron chi connectivity index (χ1n) is 24.9. The molecule has 5 N–H and O–H groups in total. The predicted octanol–water partition coefficient (Wildman–Crippen LogP) is 4.70. The Hall–Kier alpha value is -7.78. The number of allylic oxidation sites excluding steroid dienone is 3. The van der Waals surface area contributed by atoms with Crippen LogP contribution in [0.25, 0.3) is 38.7 Å². The molecule has 0 spiro atoms. The number of fused-ring (bicyclic) bond motifs is 5. The van der Waals surface area contributed by atoms with Gasteiger partial charge in [-0.25, -0.2) is 4.98 Å². The second-order valence-electron chi connectivity index (χ2n) is 20.0. The fourth-order valence-corrected chi connectivity index (χ4v) is 9.77. The van der Waals surface area contributed by atoms with Crippen molar-refractivity contribution in [3.8, 4) is 11.5 Å². The molecule has 0 saturated carbocycles. The second-order valence-corrected chi connectivity index (χ2v) is 20.0. The Labute approximate surface area is 436 Å². The molecule has 76 heavy (non-hydrogen) atoms. The third-order valence-corrected chi connectivity index (χ3v) is 14.8. The van der Waals surface area contributed by atoms with E-state index in [-0.39, 0.29) is 66.9 Å². The van der Waals surface area contributed by atoms with Crippen LogP contribution in [0.5, 0.6) is 11.5 Å². The van der Waals surface area contributed by atoms with Crippen LogP contribution in [-0.4, -0.2) is 118 Å². The Balaban J connectivity index is 1.33. The van der Waals surface area contributed by atoms with Crippen molar-refractivity contribution in [2.45, 2.75) is 92.8 Å². The number of nitrogens with zero attached hydrogens (tertiary/aromatic N) is 3. The molecule has 21 heteroatoms. The molecule has 3 aliphatic rings. The minimum Gasteiger partial charge on any atom is -0.507 e. The van der Waals surface area contributed by atoms with E-state index < -0.39 is 113 Å². The number of benzene rings is 3. The molecular formula is C55H64N4O17. The number of phenols is 1. The summed E-state index contributed by atoms with van der Waals surface area (Å²) in [5.74, 6) is -8.97. The van der Waals surface area contributed by atoms with Crippen molar-refractivity contribution in [2.24, 2.45) is 35.5 Å². The number of ether oxygens (including phenoxy) is 5. The van der Waals surface area contributed by atoms with Gasteiger partial charge in [-0.2, -0.15) is 0 Å². The van der Waals surface area contributed by atoms with Gasteiger partial charge in [-0.1, -0.05) is 52.8 Å². The number of hydrogen-bond donors (Lipinski definition) is 5. The van der Waals surface area contributed by atoms with E-state index in [9.17, 15) is 54.0 Å². The van der Waals surface area contributed by atoms with Crippen LogP contribution in [0, 0.1) is 42.4 Å². The van der Waals surface area contributed by atoms with E-state index in [2.05, 4.69) is 11.9 Å². The monoisotopic (exact) mass is 1050 g/mol. The predicted molar refractivity (Wildman–Crippen MR) is 279 cm³/mol. The number of aromatic hydroxyl groups is 1. The summed E-state index contributed by atoms with van der Waals surface area (Å²) in [6.07, 6.45) is 4.85. The molecule has 0 aliphatic carbocycles. The number of aliphatic hydroxyl groups is 3. The number of piperazine rings is 1. The molecule has 1 fully saturated rings. The topological polar surface area (TPSA) is 291 Å². The SMILES string of the molecule is C=C(OCOC(=O)CC(C=O)C=O)N1CCN(c2cc(=O)c3nc4c(oc3c2)c2c(=O)c3c(O)c(C)c5c(c34)=C(O)[C@@](C)(O/C=C/[C@H](C)[C@@H](C)[C@@H](OC(C)=O)[C@H](C)[C@H](O)[C@H](C)[C@@H](O)[C@@H](C)/C=C/C=C(/C)C(=O)N2)O5)CC1. The van der Waals surface area contributed by atoms with Gasteiger partial charge < -0.3 is 73.2 Å². The lowest BCUT2D eigenvalue weighted by Crippen LogP contribution is -2.46. The minimum atomic E-state index is -1.98. The fraction of sp³-hybridized carbons (Fsp3) is 0.455. The summed E-state index contributed by atoms with van der Waals surface area (Å²) in [5.41, 5.74) is -2.19. The highest BCUT2D eigenvalue weighted by Gasteiger charge is 2.44. The van der Waals surface area contributed by atoms with Gasteiger partial charge in [0.2, 0.25) is 17.7 Å². The van der Waals surface area contributed by atoms with Crippen LogP contribution in [-0.2, 0) is 42.9 Å². The smallest absolute Gasteiger partial charge is 0.309 e. The van der Waals surface area contributed by atoms with Gasteiger partial charge >= 0.3 is 17.7 Å². The number of anilines is 2. The number of nitrogens with one attached hydrogen (secondary N) is 1. The summed E-state index contributed by atoms with van der Waals surface area (Å²) in [6.45, 7) is 19.2. The quantitative estimate of drug-likeness (QED) is 0.0274. The Morgan fingerprint density at radius 2 is 1.61 bits per heavy atom. The number of hydrogen-bond acceptors (Lipinski definition) is 20. The Bertz CT molecular complexity index is 3260. The molecule has 3 aromatic carbocycles. The van der Waals surface area contributed by atoms with Crippen LogP contribution in [0.3, 0.4) is 0 Å². The number of carbonyl (C=O) groups excluding carboxylic acids is 5. The van der Waals surface area contributed by atoms with Crippen molar-refractivity contribution in [3.63, 3.8) is 0 Å². The van der Waals surface area contributed by atoms with Gasteiger partial charge in [0, 0.05) is 92.1 Å². The van der Waals surface area contributed by atoms with Crippen molar-refractivity contribution in [1.29, 1.82) is 0 Å². The number of phenolic OH excluding ortho intramolecular Hbond substituents is 1. The summed E-state index contributed by atoms with van der Waals surface area (Å²) in [4.78, 5) is 97.9. The van der Waals surface area contributed by atoms with Crippen molar-refractivity contribution < 1.29 is 72.5 Å². The van der Waals surface area contributed by atoms with E-state index in [0.717, 1.165) is 0 Å². The number of amides is 1. The lowest BCUT2D eigenvalue weighted by Gasteiger charge is -2.37. The summed E-state index contributed by atoms with van der Waals surface area (Å²) in [6, 6.07) is 2.91. The Morgan fingerprint density at radius 3 is 2.26 bits per heavy atom. The Morgan fingerprint density at radius 1 is 0.921 bits per heavy atom. The van der Waals surface area contributed by atoms with Crippen LogP contribution in [0.4, 0.5) is 11.4 Å². The lowest BCUT2D eigenvalue weighted by atomic mass is 9.77. The largest absolute Gasteiger partial charge is 0.507 e. The molecule has 4 heterocycles. The van der Waals surface area contributed by atoms with Gasteiger partial charge in [-0.15, -0.1) is 0 Å². The first-order chi connectivity index (χ1) is 35.9. The molecular weight excluding hydrogens is 989 g/mol.